The van der Waals surface area contributed by atoms with Crippen molar-refractivity contribution in [2.45, 2.75) is 26.1 Å². The Kier molecular flexibility index (Phi) is 3.76. The second-order valence-electron chi connectivity index (χ2n) is 5.08. The van der Waals surface area contributed by atoms with Crippen molar-refractivity contribution < 1.29 is 0 Å². The van der Waals surface area contributed by atoms with Crippen LogP contribution in [0.25, 0.3) is 0 Å². The first-order valence-corrected chi connectivity index (χ1v) is 7.56. The van der Waals surface area contributed by atoms with Gasteiger partial charge in [0.25, 0.3) is 0 Å². The first-order chi connectivity index (χ1) is 9.69. The lowest BCUT2D eigenvalue weighted by atomic mass is 10.1. The van der Waals surface area contributed by atoms with Crippen LogP contribution in [0, 0.1) is 0 Å². The summed E-state index contributed by atoms with van der Waals surface area (Å²) in [6.07, 6.45) is 1.80. The number of aromatic nitrogens is 3. The molecule has 1 atom stereocenters. The molecule has 20 heavy (non-hydrogen) atoms. The fourth-order valence-corrected chi connectivity index (χ4v) is 3.13. The monoisotopic (exact) mass is 335 g/mol. The number of hydrogen-bond donors (Lipinski definition) is 1. The Labute approximate surface area is 127 Å². The minimum Gasteiger partial charge on any atom is -0.361 e. The van der Waals surface area contributed by atoms with E-state index in [4.69, 9.17) is 0 Å². The SMILES string of the molecule is CNC(C)c1ccc(N2CCn3cnnc3C2)c(Br)c1. The molecule has 0 radical (unpaired) electrons. The third kappa shape index (κ3) is 2.45. The number of hydrogen-bond acceptors (Lipinski definition) is 4. The molecular weight excluding hydrogens is 318 g/mol. The van der Waals surface area contributed by atoms with Crippen LogP contribution in [-0.4, -0.2) is 28.4 Å². The standard InChI is InChI=1S/C14H18BrN5/c1-10(16-2)11-3-4-13(12(15)7-11)19-5-6-20-9-17-18-14(20)8-19/h3-4,7,9-10,16H,5-6,8H2,1-2H3. The van der Waals surface area contributed by atoms with Gasteiger partial charge in [-0.2, -0.15) is 0 Å². The second kappa shape index (κ2) is 5.54. The molecule has 0 spiro atoms. The lowest BCUT2D eigenvalue weighted by Gasteiger charge is -2.30. The van der Waals surface area contributed by atoms with E-state index in [-0.39, 0.29) is 0 Å². The maximum Gasteiger partial charge on any atom is 0.152 e. The van der Waals surface area contributed by atoms with E-state index in [9.17, 15) is 0 Å². The summed E-state index contributed by atoms with van der Waals surface area (Å²) < 4.78 is 3.24. The van der Waals surface area contributed by atoms with E-state index in [1.807, 2.05) is 7.05 Å². The minimum atomic E-state index is 0.352. The van der Waals surface area contributed by atoms with Gasteiger partial charge in [0, 0.05) is 23.6 Å². The van der Waals surface area contributed by atoms with Gasteiger partial charge >= 0.3 is 0 Å². The van der Waals surface area contributed by atoms with Gasteiger partial charge < -0.3 is 14.8 Å². The topological polar surface area (TPSA) is 46.0 Å². The van der Waals surface area contributed by atoms with Crippen molar-refractivity contribution in [2.75, 3.05) is 18.5 Å². The predicted molar refractivity (Wildman–Crippen MR) is 82.7 cm³/mol. The van der Waals surface area contributed by atoms with Gasteiger partial charge in [-0.3, -0.25) is 0 Å². The van der Waals surface area contributed by atoms with Gasteiger partial charge in [0.2, 0.25) is 0 Å². The first-order valence-electron chi connectivity index (χ1n) is 6.77. The van der Waals surface area contributed by atoms with E-state index < -0.39 is 0 Å². The molecule has 6 heteroatoms. The molecule has 0 amide bonds. The summed E-state index contributed by atoms with van der Waals surface area (Å²) >= 11 is 3.70. The number of nitrogens with zero attached hydrogens (tertiary/aromatic N) is 4. The number of fused-ring (bicyclic) bond motifs is 1. The maximum absolute atomic E-state index is 4.17. The Morgan fingerprint density at radius 2 is 2.20 bits per heavy atom. The van der Waals surface area contributed by atoms with Gasteiger partial charge in [-0.25, -0.2) is 0 Å². The molecule has 0 fully saturated rings. The second-order valence-corrected chi connectivity index (χ2v) is 5.94. The molecular formula is C14H18BrN5. The van der Waals surface area contributed by atoms with Crippen LogP contribution < -0.4 is 10.2 Å². The van der Waals surface area contributed by atoms with E-state index in [0.29, 0.717) is 6.04 Å². The molecule has 1 aliphatic rings. The molecule has 1 aromatic heterocycles. The van der Waals surface area contributed by atoms with Crippen LogP contribution in [0.1, 0.15) is 24.4 Å². The van der Waals surface area contributed by atoms with Gasteiger partial charge in [0.1, 0.15) is 6.33 Å². The van der Waals surface area contributed by atoms with Gasteiger partial charge in [0.05, 0.1) is 12.2 Å². The van der Waals surface area contributed by atoms with Crippen LogP contribution >= 0.6 is 15.9 Å². The Bertz CT molecular complexity index is 609. The molecule has 0 saturated heterocycles. The Hall–Kier alpha value is -1.40. The molecule has 3 rings (SSSR count). The molecule has 0 bridgehead atoms. The van der Waals surface area contributed by atoms with E-state index >= 15 is 0 Å². The first kappa shape index (κ1) is 13.6. The maximum atomic E-state index is 4.17. The van der Waals surface area contributed by atoms with Gasteiger partial charge in [0.15, 0.2) is 5.82 Å². The highest BCUT2D eigenvalue weighted by Crippen LogP contribution is 2.31. The van der Waals surface area contributed by atoms with E-state index in [2.05, 4.69) is 66.0 Å². The molecule has 1 aromatic carbocycles. The summed E-state index contributed by atoms with van der Waals surface area (Å²) in [5.74, 6) is 1.02. The Morgan fingerprint density at radius 3 is 2.95 bits per heavy atom. The van der Waals surface area contributed by atoms with Crippen LogP contribution in [0.5, 0.6) is 0 Å². The van der Waals surface area contributed by atoms with E-state index in [1.54, 1.807) is 6.33 Å². The third-order valence-corrected chi connectivity index (χ3v) is 4.52. The van der Waals surface area contributed by atoms with Crippen LogP contribution in [0.2, 0.25) is 0 Å². The van der Waals surface area contributed by atoms with Crippen molar-refractivity contribution >= 4 is 21.6 Å². The summed E-state index contributed by atoms with van der Waals surface area (Å²) in [6.45, 7) is 4.87. The number of anilines is 1. The van der Waals surface area contributed by atoms with Crippen LogP contribution in [0.3, 0.4) is 0 Å². The highest BCUT2D eigenvalue weighted by Gasteiger charge is 2.19. The van der Waals surface area contributed by atoms with Crippen LogP contribution in [0.15, 0.2) is 29.0 Å². The van der Waals surface area contributed by atoms with Crippen molar-refractivity contribution in [3.05, 3.63) is 40.4 Å². The zero-order chi connectivity index (χ0) is 14.1. The number of benzene rings is 1. The quantitative estimate of drug-likeness (QED) is 0.935. The van der Waals surface area contributed by atoms with Crippen molar-refractivity contribution in [3.63, 3.8) is 0 Å². The molecule has 0 saturated carbocycles. The van der Waals surface area contributed by atoms with Crippen LogP contribution in [0.4, 0.5) is 5.69 Å². The van der Waals surface area contributed by atoms with Gasteiger partial charge in [-0.05, 0) is 47.6 Å². The summed E-state index contributed by atoms with van der Waals surface area (Å²) in [5.41, 5.74) is 2.50. The van der Waals surface area contributed by atoms with Gasteiger partial charge in [-0.1, -0.05) is 6.07 Å². The summed E-state index contributed by atoms with van der Waals surface area (Å²) in [6, 6.07) is 6.90. The average Bonchev–Trinajstić information content (AvgIpc) is 2.93. The normalized spacial score (nSPS) is 16.1. The fourth-order valence-electron chi connectivity index (χ4n) is 2.49. The highest BCUT2D eigenvalue weighted by molar-refractivity contribution is 9.10. The van der Waals surface area contributed by atoms with Crippen molar-refractivity contribution in [2.24, 2.45) is 0 Å². The number of rotatable bonds is 3. The van der Waals surface area contributed by atoms with Crippen molar-refractivity contribution in [1.29, 1.82) is 0 Å². The molecule has 0 aliphatic carbocycles. The molecule has 1 unspecified atom stereocenters. The zero-order valence-corrected chi connectivity index (χ0v) is 13.3. The summed E-state index contributed by atoms with van der Waals surface area (Å²) in [5, 5.41) is 11.4. The minimum absolute atomic E-state index is 0.352. The van der Waals surface area contributed by atoms with Crippen molar-refractivity contribution in [1.82, 2.24) is 20.1 Å². The summed E-state index contributed by atoms with van der Waals surface area (Å²) in [4.78, 5) is 2.34. The fraction of sp³-hybridized carbons (Fsp3) is 0.429. The number of halogens is 1. The molecule has 5 nitrogen and oxygen atoms in total. The molecule has 1 aliphatic heterocycles. The van der Waals surface area contributed by atoms with E-state index in [0.717, 1.165) is 29.9 Å². The largest absolute Gasteiger partial charge is 0.361 e. The molecule has 2 heterocycles. The highest BCUT2D eigenvalue weighted by atomic mass is 79.9. The zero-order valence-electron chi connectivity index (χ0n) is 11.7. The predicted octanol–water partition coefficient (Wildman–Crippen LogP) is 2.34. The van der Waals surface area contributed by atoms with E-state index in [1.165, 1.54) is 11.3 Å². The summed E-state index contributed by atoms with van der Waals surface area (Å²) in [7, 11) is 1.98. The average molecular weight is 336 g/mol. The lowest BCUT2D eigenvalue weighted by molar-refractivity contribution is 0.559. The van der Waals surface area contributed by atoms with Crippen molar-refractivity contribution in [3.8, 4) is 0 Å². The number of nitrogens with one attached hydrogen (secondary N) is 1. The molecule has 1 N–H and O–H groups in total. The van der Waals surface area contributed by atoms with Gasteiger partial charge in [-0.15, -0.1) is 10.2 Å². The molecule has 2 aromatic rings. The smallest absolute Gasteiger partial charge is 0.152 e. The Morgan fingerprint density at radius 1 is 1.35 bits per heavy atom. The van der Waals surface area contributed by atoms with Crippen LogP contribution in [-0.2, 0) is 13.1 Å². The molecule has 106 valence electrons. The third-order valence-electron chi connectivity index (χ3n) is 3.88. The lowest BCUT2D eigenvalue weighted by Crippen LogP contribution is -2.33. The Balaban J connectivity index is 1.85.